The molecule has 1 N–H and O–H groups in total. The van der Waals surface area contributed by atoms with Crippen molar-refractivity contribution >= 4 is 34.5 Å². The molecule has 4 aromatic rings. The molecular weight excluding hydrogens is 428 g/mol. The fourth-order valence-corrected chi connectivity index (χ4v) is 4.03. The normalized spacial score (nSPS) is 12.7. The quantitative estimate of drug-likeness (QED) is 0.355. The Labute approximate surface area is 188 Å². The number of nitrogens with one attached hydrogen (secondary N) is 1. The molecule has 3 heterocycles. The van der Waals surface area contributed by atoms with E-state index in [2.05, 4.69) is 56.8 Å². The summed E-state index contributed by atoms with van der Waals surface area (Å²) in [7, 11) is 0. The first kappa shape index (κ1) is 20.3. The topological polar surface area (TPSA) is 104 Å². The van der Waals surface area contributed by atoms with Gasteiger partial charge in [-0.3, -0.25) is 4.79 Å². The van der Waals surface area contributed by atoms with Crippen molar-refractivity contribution in [3.63, 3.8) is 0 Å². The zero-order valence-corrected chi connectivity index (χ0v) is 18.1. The molecule has 0 spiro atoms. The summed E-state index contributed by atoms with van der Waals surface area (Å²) in [6.07, 6.45) is 1.47. The largest absolute Gasteiger partial charge is 0.486 e. The standard InChI is InChI=1S/C22H20N6O3S/c1-14-2-4-15(5-3-14)11-28-21-20(26-27-28)22(24-13-23-21)32-12-19(29)25-16-6-7-17-18(10-16)31-9-8-30-17/h2-7,10,13H,8-9,11-12H2,1H3,(H,25,29). The van der Waals surface area contributed by atoms with Gasteiger partial charge in [0.2, 0.25) is 5.91 Å². The van der Waals surface area contributed by atoms with Gasteiger partial charge in [-0.05, 0) is 24.6 Å². The lowest BCUT2D eigenvalue weighted by molar-refractivity contribution is -0.113. The Morgan fingerprint density at radius 3 is 2.75 bits per heavy atom. The fourth-order valence-electron chi connectivity index (χ4n) is 3.30. The number of hydrogen-bond donors (Lipinski definition) is 1. The molecule has 2 aromatic heterocycles. The van der Waals surface area contributed by atoms with Gasteiger partial charge in [-0.25, -0.2) is 14.6 Å². The van der Waals surface area contributed by atoms with Gasteiger partial charge in [0.25, 0.3) is 0 Å². The lowest BCUT2D eigenvalue weighted by Gasteiger charge is -2.18. The van der Waals surface area contributed by atoms with Crippen LogP contribution in [-0.2, 0) is 11.3 Å². The van der Waals surface area contributed by atoms with E-state index in [1.807, 2.05) is 0 Å². The maximum absolute atomic E-state index is 12.5. The first-order chi connectivity index (χ1) is 15.7. The molecule has 0 unspecified atom stereocenters. The van der Waals surface area contributed by atoms with E-state index in [0.717, 1.165) is 5.56 Å². The third-order valence-electron chi connectivity index (χ3n) is 4.89. The van der Waals surface area contributed by atoms with Crippen molar-refractivity contribution in [2.24, 2.45) is 0 Å². The van der Waals surface area contributed by atoms with Gasteiger partial charge in [-0.1, -0.05) is 46.8 Å². The second kappa shape index (κ2) is 8.83. The van der Waals surface area contributed by atoms with Crippen LogP contribution in [0.15, 0.2) is 53.8 Å². The van der Waals surface area contributed by atoms with Crippen molar-refractivity contribution in [3.8, 4) is 11.5 Å². The van der Waals surface area contributed by atoms with Crippen LogP contribution >= 0.6 is 11.8 Å². The second-order valence-corrected chi connectivity index (χ2v) is 8.24. The molecule has 32 heavy (non-hydrogen) atoms. The van der Waals surface area contributed by atoms with Gasteiger partial charge >= 0.3 is 0 Å². The van der Waals surface area contributed by atoms with E-state index in [1.54, 1.807) is 22.9 Å². The van der Waals surface area contributed by atoms with E-state index in [9.17, 15) is 4.79 Å². The zero-order valence-electron chi connectivity index (χ0n) is 17.3. The molecule has 162 valence electrons. The minimum Gasteiger partial charge on any atom is -0.486 e. The molecular formula is C22H20N6O3S. The molecule has 5 rings (SSSR count). The number of rotatable bonds is 6. The molecule has 9 nitrogen and oxygen atoms in total. The molecule has 2 aromatic carbocycles. The maximum Gasteiger partial charge on any atom is 0.234 e. The fraction of sp³-hybridized carbons (Fsp3) is 0.227. The number of aromatic nitrogens is 5. The molecule has 1 aliphatic rings. The van der Waals surface area contributed by atoms with E-state index < -0.39 is 0 Å². The lowest BCUT2D eigenvalue weighted by atomic mass is 10.1. The predicted octanol–water partition coefficient (Wildman–Crippen LogP) is 3.08. The van der Waals surface area contributed by atoms with Crippen LogP contribution in [0.3, 0.4) is 0 Å². The highest BCUT2D eigenvalue weighted by Crippen LogP contribution is 2.32. The third-order valence-corrected chi connectivity index (χ3v) is 5.86. The van der Waals surface area contributed by atoms with Gasteiger partial charge in [-0.15, -0.1) is 5.10 Å². The molecule has 0 aliphatic carbocycles. The van der Waals surface area contributed by atoms with Gasteiger partial charge in [0, 0.05) is 11.8 Å². The van der Waals surface area contributed by atoms with Gasteiger partial charge in [0.05, 0.1) is 12.3 Å². The van der Waals surface area contributed by atoms with E-state index in [1.165, 1.54) is 23.7 Å². The number of amides is 1. The van der Waals surface area contributed by atoms with Crippen molar-refractivity contribution in [1.82, 2.24) is 25.0 Å². The van der Waals surface area contributed by atoms with Gasteiger partial charge in [0.1, 0.15) is 24.6 Å². The van der Waals surface area contributed by atoms with Crippen LogP contribution in [0.2, 0.25) is 0 Å². The van der Waals surface area contributed by atoms with Crippen LogP contribution < -0.4 is 14.8 Å². The summed E-state index contributed by atoms with van der Waals surface area (Å²) in [5.74, 6) is 1.32. The summed E-state index contributed by atoms with van der Waals surface area (Å²) in [4.78, 5) is 21.1. The summed E-state index contributed by atoms with van der Waals surface area (Å²) < 4.78 is 12.8. The Kier molecular flexibility index (Phi) is 5.59. The van der Waals surface area contributed by atoms with Crippen molar-refractivity contribution < 1.29 is 14.3 Å². The Morgan fingerprint density at radius 2 is 1.91 bits per heavy atom. The van der Waals surface area contributed by atoms with E-state index in [4.69, 9.17) is 9.47 Å². The molecule has 1 amide bonds. The number of thioether (sulfide) groups is 1. The molecule has 0 bridgehead atoms. The lowest BCUT2D eigenvalue weighted by Crippen LogP contribution is -2.17. The number of carbonyl (C=O) groups excluding carboxylic acids is 1. The van der Waals surface area contributed by atoms with Gasteiger partial charge < -0.3 is 14.8 Å². The first-order valence-corrected chi connectivity index (χ1v) is 11.1. The SMILES string of the molecule is Cc1ccc(Cn2nnc3c(SCC(=O)Nc4ccc5c(c4)OCCO5)ncnc32)cc1. The average Bonchev–Trinajstić information content (AvgIpc) is 3.22. The summed E-state index contributed by atoms with van der Waals surface area (Å²) >= 11 is 1.29. The Hall–Kier alpha value is -3.66. The highest BCUT2D eigenvalue weighted by Gasteiger charge is 2.16. The van der Waals surface area contributed by atoms with Crippen LogP contribution in [0.25, 0.3) is 11.2 Å². The predicted molar refractivity (Wildman–Crippen MR) is 120 cm³/mol. The highest BCUT2D eigenvalue weighted by molar-refractivity contribution is 8.00. The summed E-state index contributed by atoms with van der Waals surface area (Å²) in [5, 5.41) is 12.0. The van der Waals surface area contributed by atoms with Crippen molar-refractivity contribution in [1.29, 1.82) is 0 Å². The Morgan fingerprint density at radius 1 is 1.09 bits per heavy atom. The minimum absolute atomic E-state index is 0.162. The molecule has 1 aliphatic heterocycles. The van der Waals surface area contributed by atoms with E-state index >= 15 is 0 Å². The smallest absolute Gasteiger partial charge is 0.234 e. The summed E-state index contributed by atoms with van der Waals surface area (Å²) in [6.45, 7) is 3.63. The number of benzene rings is 2. The summed E-state index contributed by atoms with van der Waals surface area (Å²) in [5.41, 5.74) is 4.17. The van der Waals surface area contributed by atoms with Crippen LogP contribution in [-0.4, -0.2) is 49.8 Å². The second-order valence-electron chi connectivity index (χ2n) is 7.28. The van der Waals surface area contributed by atoms with Crippen LogP contribution in [0, 0.1) is 6.92 Å². The monoisotopic (exact) mass is 448 g/mol. The van der Waals surface area contributed by atoms with Crippen molar-refractivity contribution in [2.75, 3.05) is 24.3 Å². The number of fused-ring (bicyclic) bond motifs is 2. The van der Waals surface area contributed by atoms with Crippen LogP contribution in [0.5, 0.6) is 11.5 Å². The van der Waals surface area contributed by atoms with Crippen molar-refractivity contribution in [2.45, 2.75) is 18.5 Å². The van der Waals surface area contributed by atoms with E-state index in [0.29, 0.717) is 53.1 Å². The molecule has 0 fully saturated rings. The van der Waals surface area contributed by atoms with Crippen LogP contribution in [0.4, 0.5) is 5.69 Å². The number of hydrogen-bond acceptors (Lipinski definition) is 8. The Bertz CT molecular complexity index is 1270. The molecule has 0 saturated heterocycles. The Balaban J connectivity index is 1.25. The van der Waals surface area contributed by atoms with Crippen LogP contribution in [0.1, 0.15) is 11.1 Å². The summed E-state index contributed by atoms with van der Waals surface area (Å²) in [6, 6.07) is 13.6. The number of ether oxygens (including phenoxy) is 2. The molecule has 0 saturated carbocycles. The first-order valence-electron chi connectivity index (χ1n) is 10.1. The number of anilines is 1. The van der Waals surface area contributed by atoms with Gasteiger partial charge in [-0.2, -0.15) is 0 Å². The van der Waals surface area contributed by atoms with E-state index in [-0.39, 0.29) is 11.7 Å². The minimum atomic E-state index is -0.162. The molecule has 10 heteroatoms. The number of aryl methyl sites for hydroxylation is 1. The zero-order chi connectivity index (χ0) is 21.9. The maximum atomic E-state index is 12.5. The number of carbonyl (C=O) groups is 1. The number of nitrogens with zero attached hydrogens (tertiary/aromatic N) is 5. The molecule has 0 atom stereocenters. The average molecular weight is 449 g/mol. The van der Waals surface area contributed by atoms with Gasteiger partial charge in [0.15, 0.2) is 22.7 Å². The highest BCUT2D eigenvalue weighted by atomic mass is 32.2. The molecule has 0 radical (unpaired) electrons. The van der Waals surface area contributed by atoms with Crippen molar-refractivity contribution in [3.05, 3.63) is 59.9 Å². The third kappa shape index (κ3) is 4.35.